The molecule has 0 saturated carbocycles. The average Bonchev–Trinajstić information content (AvgIpc) is 3.31. The van der Waals surface area contributed by atoms with Crippen LogP contribution < -0.4 is 10.2 Å². The van der Waals surface area contributed by atoms with Crippen LogP contribution in [-0.2, 0) is 6.42 Å². The Bertz CT molecular complexity index is 1310. The number of fused-ring (bicyclic) bond motifs is 2. The van der Waals surface area contributed by atoms with Crippen molar-refractivity contribution in [3.05, 3.63) is 47.9 Å². The Hall–Kier alpha value is -2.44. The lowest BCUT2D eigenvalue weighted by molar-refractivity contribution is 0.161. The highest BCUT2D eigenvalue weighted by Gasteiger charge is 2.39. The first-order valence-corrected chi connectivity index (χ1v) is 12.8. The van der Waals surface area contributed by atoms with Crippen LogP contribution in [0.5, 0.6) is 0 Å². The first kappa shape index (κ1) is 22.4. The van der Waals surface area contributed by atoms with Gasteiger partial charge in [0.25, 0.3) is 0 Å². The van der Waals surface area contributed by atoms with E-state index in [4.69, 9.17) is 9.97 Å². The lowest BCUT2D eigenvalue weighted by Gasteiger charge is -2.48. The molecule has 1 aliphatic heterocycles. The molecule has 1 aromatic carbocycles. The van der Waals surface area contributed by atoms with Crippen molar-refractivity contribution in [2.24, 2.45) is 0 Å². The van der Waals surface area contributed by atoms with E-state index in [0.717, 1.165) is 41.3 Å². The number of piperidine rings is 1. The molecule has 0 bridgehead atoms. The van der Waals surface area contributed by atoms with Gasteiger partial charge in [-0.3, -0.25) is 0 Å². The maximum absolute atomic E-state index is 5.01. The lowest BCUT2D eigenvalue weighted by atomic mass is 9.79. The molecule has 1 N–H and O–H groups in total. The van der Waals surface area contributed by atoms with Gasteiger partial charge in [-0.15, -0.1) is 0 Å². The Labute approximate surface area is 200 Å². The molecule has 1 aliphatic rings. The van der Waals surface area contributed by atoms with Gasteiger partial charge in [0.2, 0.25) is 0 Å². The minimum absolute atomic E-state index is 0.117. The number of imidazole rings is 1. The van der Waals surface area contributed by atoms with Crippen molar-refractivity contribution in [2.75, 3.05) is 11.9 Å². The topological polar surface area (TPSA) is 45.5 Å². The molecule has 0 radical (unpaired) electrons. The highest BCUT2D eigenvalue weighted by Crippen LogP contribution is 2.37. The highest BCUT2D eigenvalue weighted by atomic mass is 32.1. The largest absolute Gasteiger partial charge is 0.348 e. The normalized spacial score (nSPS) is 18.3. The maximum atomic E-state index is 5.01. The van der Waals surface area contributed by atoms with Crippen LogP contribution in [0.3, 0.4) is 0 Å². The van der Waals surface area contributed by atoms with Crippen LogP contribution in [0.2, 0.25) is 0 Å². The highest BCUT2D eigenvalue weighted by molar-refractivity contribution is 7.22. The van der Waals surface area contributed by atoms with Gasteiger partial charge >= 0.3 is 0 Å². The molecule has 5 rings (SSSR count). The van der Waals surface area contributed by atoms with E-state index in [9.17, 15) is 0 Å². The summed E-state index contributed by atoms with van der Waals surface area (Å²) in [6, 6.07) is 9.42. The van der Waals surface area contributed by atoms with Gasteiger partial charge in [-0.25, -0.2) is 9.97 Å². The summed E-state index contributed by atoms with van der Waals surface area (Å²) < 4.78 is 3.40. The minimum atomic E-state index is 0.117. The van der Waals surface area contributed by atoms with E-state index >= 15 is 0 Å². The number of nitrogens with one attached hydrogen (secondary N) is 1. The minimum Gasteiger partial charge on any atom is -0.348 e. The summed E-state index contributed by atoms with van der Waals surface area (Å²) in [7, 11) is 2.21. The van der Waals surface area contributed by atoms with Gasteiger partial charge in [0.1, 0.15) is 5.65 Å². The number of anilines is 1. The zero-order valence-electron chi connectivity index (χ0n) is 20.9. The molecule has 0 aliphatic carbocycles. The molecule has 174 valence electrons. The van der Waals surface area contributed by atoms with E-state index in [1.54, 1.807) is 11.3 Å². The monoisotopic (exact) mass is 461 g/mol. The Balaban J connectivity index is 1.49. The van der Waals surface area contributed by atoms with E-state index in [1.165, 1.54) is 21.4 Å². The molecule has 1 saturated heterocycles. The van der Waals surface area contributed by atoms with Gasteiger partial charge in [0.05, 0.1) is 15.9 Å². The van der Waals surface area contributed by atoms with E-state index in [-0.39, 0.29) is 11.1 Å². The SMILES string of the molecule is CCc1cc(-c2ccc3nc(N(C)C4CC(C)(C)NC(C)(C)C4)sc3c2)cn2cc(C)nc12. The first-order chi connectivity index (χ1) is 15.5. The molecule has 3 aromatic heterocycles. The number of hydrogen-bond donors (Lipinski definition) is 1. The number of rotatable bonds is 4. The van der Waals surface area contributed by atoms with Crippen LogP contribution in [0.4, 0.5) is 5.13 Å². The van der Waals surface area contributed by atoms with Crippen LogP contribution in [-0.4, -0.2) is 38.5 Å². The number of hydrogen-bond acceptors (Lipinski definition) is 5. The Morgan fingerprint density at radius 1 is 1.06 bits per heavy atom. The molecule has 0 atom stereocenters. The molecule has 4 aromatic rings. The third-order valence-corrected chi connectivity index (χ3v) is 7.97. The number of pyridine rings is 1. The predicted octanol–water partition coefficient (Wildman–Crippen LogP) is 6.23. The molecule has 0 unspecified atom stereocenters. The second kappa shape index (κ2) is 7.81. The zero-order chi connectivity index (χ0) is 23.5. The van der Waals surface area contributed by atoms with Crippen LogP contribution >= 0.6 is 11.3 Å². The van der Waals surface area contributed by atoms with Gasteiger partial charge in [0.15, 0.2) is 5.13 Å². The molecule has 4 heterocycles. The molecular formula is C27H35N5S. The van der Waals surface area contributed by atoms with Crippen molar-refractivity contribution in [2.45, 2.75) is 77.9 Å². The van der Waals surface area contributed by atoms with Crippen LogP contribution in [0.25, 0.3) is 27.0 Å². The standard InChI is InChI=1S/C27H35N5S/c1-8-18-11-20(16-32-15-17(2)28-24(18)32)19-9-10-22-23(12-19)33-25(29-22)31(7)21-13-26(3,4)30-27(5,6)14-21/h9-12,15-16,21,30H,8,13-14H2,1-7H3. The van der Waals surface area contributed by atoms with Crippen molar-refractivity contribution in [1.82, 2.24) is 19.7 Å². The first-order valence-electron chi connectivity index (χ1n) is 11.9. The van der Waals surface area contributed by atoms with Crippen molar-refractivity contribution in [3.63, 3.8) is 0 Å². The Morgan fingerprint density at radius 3 is 2.48 bits per heavy atom. The third-order valence-electron chi connectivity index (χ3n) is 6.86. The molecule has 0 spiro atoms. The molecule has 0 amide bonds. The summed E-state index contributed by atoms with van der Waals surface area (Å²) in [5.74, 6) is 0. The second-order valence-corrected chi connectivity index (χ2v) is 12.0. The second-order valence-electron chi connectivity index (χ2n) is 11.0. The number of benzene rings is 1. The fraction of sp³-hybridized carbons (Fsp3) is 0.481. The van der Waals surface area contributed by atoms with E-state index in [1.807, 2.05) is 0 Å². The fourth-order valence-corrected chi connectivity index (χ4v) is 6.69. The van der Waals surface area contributed by atoms with Gasteiger partial charge in [-0.2, -0.15) is 0 Å². The Morgan fingerprint density at radius 2 is 1.79 bits per heavy atom. The van der Waals surface area contributed by atoms with Crippen LogP contribution in [0, 0.1) is 6.92 Å². The molecule has 6 heteroatoms. The van der Waals surface area contributed by atoms with Crippen molar-refractivity contribution < 1.29 is 0 Å². The van der Waals surface area contributed by atoms with Crippen molar-refractivity contribution >= 4 is 32.3 Å². The van der Waals surface area contributed by atoms with Crippen molar-refractivity contribution in [3.8, 4) is 11.1 Å². The number of thiazole rings is 1. The molecular weight excluding hydrogens is 426 g/mol. The molecule has 5 nitrogen and oxygen atoms in total. The summed E-state index contributed by atoms with van der Waals surface area (Å²) in [4.78, 5) is 12.1. The number of nitrogens with zero attached hydrogens (tertiary/aromatic N) is 4. The summed E-state index contributed by atoms with van der Waals surface area (Å²) in [5, 5.41) is 4.90. The summed E-state index contributed by atoms with van der Waals surface area (Å²) in [6.07, 6.45) is 7.49. The van der Waals surface area contributed by atoms with Gasteiger partial charge in [-0.1, -0.05) is 24.3 Å². The summed E-state index contributed by atoms with van der Waals surface area (Å²) in [5.41, 5.74) is 7.16. The summed E-state index contributed by atoms with van der Waals surface area (Å²) in [6.45, 7) is 13.5. The van der Waals surface area contributed by atoms with Gasteiger partial charge in [0, 0.05) is 36.6 Å². The maximum Gasteiger partial charge on any atom is 0.186 e. The summed E-state index contributed by atoms with van der Waals surface area (Å²) >= 11 is 1.80. The number of aromatic nitrogens is 3. The van der Waals surface area contributed by atoms with Crippen molar-refractivity contribution in [1.29, 1.82) is 0 Å². The van der Waals surface area contributed by atoms with E-state index < -0.39 is 0 Å². The molecule has 33 heavy (non-hydrogen) atoms. The lowest BCUT2D eigenvalue weighted by Crippen LogP contribution is -2.61. The average molecular weight is 462 g/mol. The van der Waals surface area contributed by atoms with Gasteiger partial charge < -0.3 is 14.6 Å². The van der Waals surface area contributed by atoms with E-state index in [2.05, 4.69) is 99.9 Å². The molecule has 1 fully saturated rings. The Kier molecular flexibility index (Phi) is 5.29. The van der Waals surface area contributed by atoms with Gasteiger partial charge in [-0.05, 0) is 88.8 Å². The zero-order valence-corrected chi connectivity index (χ0v) is 21.7. The number of aryl methyl sites for hydroxylation is 2. The van der Waals surface area contributed by atoms with Crippen LogP contribution in [0.1, 0.15) is 58.7 Å². The predicted molar refractivity (Wildman–Crippen MR) is 141 cm³/mol. The quantitative estimate of drug-likeness (QED) is 0.391. The van der Waals surface area contributed by atoms with E-state index in [0.29, 0.717) is 6.04 Å². The van der Waals surface area contributed by atoms with Crippen LogP contribution in [0.15, 0.2) is 36.7 Å². The third kappa shape index (κ3) is 4.26. The smallest absolute Gasteiger partial charge is 0.186 e. The fourth-order valence-electron chi connectivity index (χ4n) is 5.65.